The van der Waals surface area contributed by atoms with E-state index in [1.165, 1.54) is 29.4 Å². The number of esters is 1. The maximum absolute atomic E-state index is 15.0. The Morgan fingerprint density at radius 2 is 1.45 bits per heavy atom. The second kappa shape index (κ2) is 13.8. The Bertz CT molecular complexity index is 2480. The quantitative estimate of drug-likeness (QED) is 0.138. The van der Waals surface area contributed by atoms with E-state index in [-0.39, 0.29) is 27.2 Å². The average Bonchev–Trinajstić information content (AvgIpc) is 3.79. The number of hydrogen-bond donors (Lipinski definition) is 0. The van der Waals surface area contributed by atoms with E-state index in [0.29, 0.717) is 41.0 Å². The first-order valence-electron chi connectivity index (χ1n) is 16.1. The van der Waals surface area contributed by atoms with Crippen LogP contribution in [0, 0.1) is 11.3 Å². The van der Waals surface area contributed by atoms with Gasteiger partial charge in [-0.25, -0.2) is 22.2 Å². The van der Waals surface area contributed by atoms with Crippen molar-refractivity contribution in [2.75, 3.05) is 12.0 Å². The van der Waals surface area contributed by atoms with Crippen molar-refractivity contribution < 1.29 is 17.9 Å². The highest BCUT2D eigenvalue weighted by Crippen LogP contribution is 2.41. The molecule has 0 aliphatic rings. The van der Waals surface area contributed by atoms with Crippen LogP contribution >= 0.6 is 0 Å². The lowest BCUT2D eigenvalue weighted by Crippen LogP contribution is -2.25. The van der Waals surface area contributed by atoms with Gasteiger partial charge in [-0.3, -0.25) is 4.68 Å². The first-order valence-corrected chi connectivity index (χ1v) is 17.5. The number of methoxy groups -OCH3 is 1. The van der Waals surface area contributed by atoms with E-state index in [0.717, 1.165) is 11.1 Å². The normalized spacial score (nSPS) is 11.3. The van der Waals surface area contributed by atoms with E-state index in [9.17, 15) is 10.1 Å². The van der Waals surface area contributed by atoms with E-state index in [1.54, 1.807) is 66.6 Å². The first-order chi connectivity index (χ1) is 24.8. The molecule has 7 rings (SSSR count). The summed E-state index contributed by atoms with van der Waals surface area (Å²) in [6.07, 6.45) is 4.87. The highest BCUT2D eigenvalue weighted by atomic mass is 32.2. The molecule has 11 heteroatoms. The maximum atomic E-state index is 15.0. The van der Waals surface area contributed by atoms with Crippen molar-refractivity contribution in [3.8, 4) is 28.5 Å². The van der Waals surface area contributed by atoms with Crippen LogP contribution in [0.15, 0.2) is 139 Å². The topological polar surface area (TPSA) is 123 Å². The van der Waals surface area contributed by atoms with Crippen molar-refractivity contribution in [3.05, 3.63) is 156 Å². The number of benzene rings is 4. The second-order valence-electron chi connectivity index (χ2n) is 11.9. The molecule has 0 aliphatic carbocycles. The maximum Gasteiger partial charge on any atom is 0.340 e. The van der Waals surface area contributed by atoms with Crippen LogP contribution in [0.1, 0.15) is 27.0 Å². The Morgan fingerprint density at radius 1 is 0.843 bits per heavy atom. The van der Waals surface area contributed by atoms with E-state index in [2.05, 4.69) is 11.2 Å². The van der Waals surface area contributed by atoms with Crippen molar-refractivity contribution in [2.45, 2.75) is 18.0 Å². The molecule has 3 aromatic heterocycles. The number of nitriles is 1. The van der Waals surface area contributed by atoms with Gasteiger partial charge in [0.15, 0.2) is 5.82 Å². The lowest BCUT2D eigenvalue weighted by Gasteiger charge is -2.26. The SMILES string of the molecule is COC(=O)c1cnc(N(Cc2ccccc2)Cc2ccccc2)c2c1cc(-c1cccc(-c3cnn(C)c3)c1C#N)n2S(=O)(=O)c1ccccc1. The second-order valence-corrected chi connectivity index (χ2v) is 13.7. The first kappa shape index (κ1) is 33.0. The summed E-state index contributed by atoms with van der Waals surface area (Å²) in [7, 11) is -1.33. The molecule has 252 valence electrons. The predicted molar refractivity (Wildman–Crippen MR) is 195 cm³/mol. The van der Waals surface area contributed by atoms with E-state index < -0.39 is 16.0 Å². The summed E-state index contributed by atoms with van der Waals surface area (Å²) >= 11 is 0. The molecule has 4 aromatic carbocycles. The predicted octanol–water partition coefficient (Wildman–Crippen LogP) is 7.21. The van der Waals surface area contributed by atoms with E-state index >= 15 is 8.42 Å². The van der Waals surface area contributed by atoms with E-state index in [1.807, 2.05) is 65.6 Å². The zero-order chi connectivity index (χ0) is 35.5. The third-order valence-corrected chi connectivity index (χ3v) is 10.4. The van der Waals surface area contributed by atoms with Gasteiger partial charge in [0.1, 0.15) is 11.6 Å². The van der Waals surface area contributed by atoms with Gasteiger partial charge >= 0.3 is 5.97 Å². The number of rotatable bonds is 10. The van der Waals surface area contributed by atoms with Crippen molar-refractivity contribution >= 4 is 32.7 Å². The van der Waals surface area contributed by atoms with Gasteiger partial charge in [-0.05, 0) is 29.3 Å². The Kier molecular flexibility index (Phi) is 8.92. The van der Waals surface area contributed by atoms with Crippen molar-refractivity contribution in [3.63, 3.8) is 0 Å². The van der Waals surface area contributed by atoms with Crippen LogP contribution in [0.4, 0.5) is 5.82 Å². The van der Waals surface area contributed by atoms with Gasteiger partial charge in [-0.15, -0.1) is 0 Å². The summed E-state index contributed by atoms with van der Waals surface area (Å²) in [5.74, 6) is -0.347. The van der Waals surface area contributed by atoms with Crippen LogP contribution in [0.5, 0.6) is 0 Å². The molecular weight excluding hydrogens is 661 g/mol. The number of aryl methyl sites for hydroxylation is 1. The standard InChI is InChI=1S/C40H32N6O4S/c1-44-27-30(23-43-44)32-19-12-20-33(35(32)22-41)37-21-34-36(40(47)50-2)24-42-39(38(34)46(37)51(48,49)31-17-10-5-11-18-31)45(25-28-13-6-3-7-14-28)26-29-15-8-4-9-16-29/h3-21,23-24,27H,25-26H2,1-2H3. The molecule has 0 unspecified atom stereocenters. The Balaban J connectivity index is 1.60. The Hall–Kier alpha value is -6.51. The molecule has 10 nitrogen and oxygen atoms in total. The van der Waals surface area contributed by atoms with Crippen LogP contribution in [-0.2, 0) is 34.9 Å². The smallest absolute Gasteiger partial charge is 0.340 e. The van der Waals surface area contributed by atoms with Gasteiger partial charge in [0.2, 0.25) is 0 Å². The molecule has 0 radical (unpaired) electrons. The molecule has 0 saturated heterocycles. The number of fused-ring (bicyclic) bond motifs is 1. The number of carbonyl (C=O) groups excluding carboxylic acids is 1. The zero-order valence-corrected chi connectivity index (χ0v) is 28.7. The lowest BCUT2D eigenvalue weighted by atomic mass is 9.96. The Morgan fingerprint density at radius 3 is 2.02 bits per heavy atom. The van der Waals surface area contributed by atoms with Gasteiger partial charge in [0, 0.05) is 54.6 Å². The minimum atomic E-state index is -4.38. The summed E-state index contributed by atoms with van der Waals surface area (Å²) in [4.78, 5) is 20.2. The molecule has 0 spiro atoms. The van der Waals surface area contributed by atoms with E-state index in [4.69, 9.17) is 9.72 Å². The number of hydrogen-bond acceptors (Lipinski definition) is 8. The molecule has 0 saturated carbocycles. The fourth-order valence-corrected chi connectivity index (χ4v) is 7.85. The van der Waals surface area contributed by atoms with Crippen LogP contribution < -0.4 is 4.90 Å². The lowest BCUT2D eigenvalue weighted by molar-refractivity contribution is 0.0602. The third-order valence-electron chi connectivity index (χ3n) is 8.66. The number of ether oxygens (including phenoxy) is 1. The minimum absolute atomic E-state index is 0.0257. The molecule has 7 aromatic rings. The summed E-state index contributed by atoms with van der Waals surface area (Å²) in [5.41, 5.74) is 4.28. The molecular formula is C40H32N6O4S. The Labute approximate surface area is 295 Å². The number of carbonyl (C=O) groups is 1. The molecule has 0 aliphatic heterocycles. The number of aromatic nitrogens is 4. The molecule has 0 atom stereocenters. The highest BCUT2D eigenvalue weighted by Gasteiger charge is 2.32. The molecule has 3 heterocycles. The summed E-state index contributed by atoms with van der Waals surface area (Å²) in [6.45, 7) is 0.752. The van der Waals surface area contributed by atoms with Crippen LogP contribution in [-0.4, -0.2) is 40.2 Å². The third kappa shape index (κ3) is 6.24. The van der Waals surface area contributed by atoms with Crippen molar-refractivity contribution in [1.82, 2.24) is 18.7 Å². The van der Waals surface area contributed by atoms with Gasteiger partial charge in [-0.2, -0.15) is 10.4 Å². The molecule has 0 amide bonds. The molecule has 51 heavy (non-hydrogen) atoms. The molecule has 0 N–H and O–H groups in total. The number of pyridine rings is 1. The number of anilines is 1. The van der Waals surface area contributed by atoms with Crippen molar-refractivity contribution in [2.24, 2.45) is 7.05 Å². The van der Waals surface area contributed by atoms with Crippen LogP contribution in [0.25, 0.3) is 33.3 Å². The van der Waals surface area contributed by atoms with Gasteiger partial charge in [0.25, 0.3) is 10.0 Å². The fourth-order valence-electron chi connectivity index (χ4n) is 6.31. The summed E-state index contributed by atoms with van der Waals surface area (Å²) in [5, 5.41) is 15.2. The summed E-state index contributed by atoms with van der Waals surface area (Å²) in [6, 6.07) is 36.9. The van der Waals surface area contributed by atoms with Crippen molar-refractivity contribution in [1.29, 1.82) is 5.26 Å². The molecule has 0 fully saturated rings. The largest absolute Gasteiger partial charge is 0.465 e. The van der Waals surface area contributed by atoms with Gasteiger partial charge in [-0.1, -0.05) is 97.1 Å². The van der Waals surface area contributed by atoms with Crippen LogP contribution in [0.3, 0.4) is 0 Å². The average molecular weight is 693 g/mol. The zero-order valence-electron chi connectivity index (χ0n) is 27.8. The fraction of sp³-hybridized carbons (Fsp3) is 0.100. The summed E-state index contributed by atoms with van der Waals surface area (Å²) < 4.78 is 38.0. The minimum Gasteiger partial charge on any atom is -0.465 e. The van der Waals surface area contributed by atoms with Crippen LogP contribution in [0.2, 0.25) is 0 Å². The number of nitrogens with zero attached hydrogens (tertiary/aromatic N) is 6. The van der Waals surface area contributed by atoms with Gasteiger partial charge in [0.05, 0.1) is 35.0 Å². The van der Waals surface area contributed by atoms with Gasteiger partial charge < -0.3 is 9.64 Å². The molecule has 0 bridgehead atoms. The highest BCUT2D eigenvalue weighted by molar-refractivity contribution is 7.90. The monoisotopic (exact) mass is 692 g/mol.